The lowest BCUT2D eigenvalue weighted by atomic mass is 10.1. The first-order valence-electron chi connectivity index (χ1n) is 5.76. The smallest absolute Gasteiger partial charge is 0.308 e. The van der Waals surface area contributed by atoms with Crippen LogP contribution in [0, 0.1) is 16.0 Å². The van der Waals surface area contributed by atoms with Gasteiger partial charge in [-0.3, -0.25) is 19.7 Å². The predicted molar refractivity (Wildman–Crippen MR) is 71.3 cm³/mol. The number of nitro groups is 1. The molecule has 20 heavy (non-hydrogen) atoms. The zero-order chi connectivity index (χ0) is 15.4. The summed E-state index contributed by atoms with van der Waals surface area (Å²) in [7, 11) is 1.43. The molecule has 1 aromatic rings. The second-order valence-electron chi connectivity index (χ2n) is 4.46. The zero-order valence-electron chi connectivity index (χ0n) is 11.1. The molecule has 1 amide bonds. The SMILES string of the molecule is CC(CN(C)C(=O)c1ccc(N)c([N+](=O)[O-])c1)C(=O)O. The Labute approximate surface area is 114 Å². The number of aliphatic carboxylic acids is 1. The molecule has 8 heteroatoms. The lowest BCUT2D eigenvalue weighted by Crippen LogP contribution is -2.33. The molecule has 0 fully saturated rings. The number of benzene rings is 1. The predicted octanol–water partition coefficient (Wildman–Crippen LogP) is 0.970. The summed E-state index contributed by atoms with van der Waals surface area (Å²) < 4.78 is 0. The van der Waals surface area contributed by atoms with E-state index in [0.717, 1.165) is 6.07 Å². The lowest BCUT2D eigenvalue weighted by molar-refractivity contribution is -0.383. The molecule has 0 aliphatic rings. The molecule has 1 rings (SSSR count). The average molecular weight is 281 g/mol. The van der Waals surface area contributed by atoms with Gasteiger partial charge in [0.1, 0.15) is 5.69 Å². The van der Waals surface area contributed by atoms with Crippen molar-refractivity contribution < 1.29 is 19.6 Å². The Kier molecular flexibility index (Phi) is 4.63. The van der Waals surface area contributed by atoms with E-state index in [-0.39, 0.29) is 23.5 Å². The van der Waals surface area contributed by atoms with Crippen LogP contribution in [-0.2, 0) is 4.79 Å². The van der Waals surface area contributed by atoms with Gasteiger partial charge in [0.15, 0.2) is 0 Å². The van der Waals surface area contributed by atoms with Crippen molar-refractivity contribution >= 4 is 23.3 Å². The standard InChI is InChI=1S/C12H15N3O5/c1-7(12(17)18)6-14(2)11(16)8-3-4-9(13)10(5-8)15(19)20/h3-5,7H,6,13H2,1-2H3,(H,17,18). The number of amides is 1. The summed E-state index contributed by atoms with van der Waals surface area (Å²) in [5.41, 5.74) is 5.15. The summed E-state index contributed by atoms with van der Waals surface area (Å²) in [5.74, 6) is -2.25. The van der Waals surface area contributed by atoms with E-state index >= 15 is 0 Å². The molecule has 0 aromatic heterocycles. The maximum Gasteiger partial charge on any atom is 0.308 e. The monoisotopic (exact) mass is 281 g/mol. The number of hydrogen-bond acceptors (Lipinski definition) is 5. The van der Waals surface area contributed by atoms with E-state index in [1.807, 2.05) is 0 Å². The third-order valence-corrected chi connectivity index (χ3v) is 2.79. The number of nitrogens with zero attached hydrogens (tertiary/aromatic N) is 2. The van der Waals surface area contributed by atoms with E-state index in [1.165, 1.54) is 31.0 Å². The van der Waals surface area contributed by atoms with Gasteiger partial charge in [0.25, 0.3) is 11.6 Å². The maximum atomic E-state index is 12.1. The van der Waals surface area contributed by atoms with Crippen molar-refractivity contribution in [2.45, 2.75) is 6.92 Å². The normalized spacial score (nSPS) is 11.7. The molecule has 0 radical (unpaired) electrons. The summed E-state index contributed by atoms with van der Waals surface area (Å²) in [6.07, 6.45) is 0. The molecular weight excluding hydrogens is 266 g/mol. The molecule has 0 heterocycles. The topological polar surface area (TPSA) is 127 Å². The Bertz CT molecular complexity index is 558. The molecule has 0 saturated carbocycles. The number of anilines is 1. The molecule has 1 atom stereocenters. The number of carboxylic acid groups (broad SMARTS) is 1. The highest BCUT2D eigenvalue weighted by atomic mass is 16.6. The molecule has 0 spiro atoms. The number of carbonyl (C=O) groups excluding carboxylic acids is 1. The Balaban J connectivity index is 2.95. The summed E-state index contributed by atoms with van der Waals surface area (Å²) in [5, 5.41) is 19.5. The van der Waals surface area contributed by atoms with E-state index in [1.54, 1.807) is 0 Å². The van der Waals surface area contributed by atoms with Crippen LogP contribution in [-0.4, -0.2) is 40.4 Å². The molecule has 0 aliphatic heterocycles. The first kappa shape index (κ1) is 15.4. The number of carboxylic acids is 1. The van der Waals surface area contributed by atoms with Gasteiger partial charge in [-0.1, -0.05) is 6.92 Å². The molecule has 1 aromatic carbocycles. The first-order valence-corrected chi connectivity index (χ1v) is 5.76. The summed E-state index contributed by atoms with van der Waals surface area (Å²) >= 11 is 0. The molecule has 0 bridgehead atoms. The van der Waals surface area contributed by atoms with E-state index in [0.29, 0.717) is 0 Å². The van der Waals surface area contributed by atoms with E-state index < -0.39 is 22.7 Å². The summed E-state index contributed by atoms with van der Waals surface area (Å²) in [4.78, 5) is 34.1. The Morgan fingerprint density at radius 1 is 1.50 bits per heavy atom. The van der Waals surface area contributed by atoms with Crippen LogP contribution in [0.2, 0.25) is 0 Å². The quantitative estimate of drug-likeness (QED) is 0.470. The van der Waals surface area contributed by atoms with Crippen molar-refractivity contribution in [3.63, 3.8) is 0 Å². The highest BCUT2D eigenvalue weighted by Crippen LogP contribution is 2.23. The van der Waals surface area contributed by atoms with Crippen LogP contribution in [0.15, 0.2) is 18.2 Å². The lowest BCUT2D eigenvalue weighted by Gasteiger charge is -2.19. The minimum absolute atomic E-state index is 0.00629. The highest BCUT2D eigenvalue weighted by molar-refractivity contribution is 5.95. The Hall–Kier alpha value is -2.64. The van der Waals surface area contributed by atoms with Gasteiger partial charge in [-0.05, 0) is 12.1 Å². The number of nitro benzene ring substituents is 1. The fraction of sp³-hybridized carbons (Fsp3) is 0.333. The third-order valence-electron chi connectivity index (χ3n) is 2.79. The van der Waals surface area contributed by atoms with Crippen molar-refractivity contribution in [2.75, 3.05) is 19.3 Å². The van der Waals surface area contributed by atoms with Gasteiger partial charge >= 0.3 is 5.97 Å². The van der Waals surface area contributed by atoms with E-state index in [9.17, 15) is 19.7 Å². The molecule has 108 valence electrons. The van der Waals surface area contributed by atoms with Gasteiger partial charge < -0.3 is 15.7 Å². The van der Waals surface area contributed by atoms with Gasteiger partial charge in [0.05, 0.1) is 10.8 Å². The minimum atomic E-state index is -1.02. The Morgan fingerprint density at radius 3 is 2.60 bits per heavy atom. The molecule has 0 aliphatic carbocycles. The molecular formula is C12H15N3O5. The third kappa shape index (κ3) is 3.44. The van der Waals surface area contributed by atoms with E-state index in [4.69, 9.17) is 10.8 Å². The van der Waals surface area contributed by atoms with Crippen LogP contribution in [0.3, 0.4) is 0 Å². The highest BCUT2D eigenvalue weighted by Gasteiger charge is 2.21. The first-order chi connectivity index (χ1) is 9.23. The van der Waals surface area contributed by atoms with Crippen molar-refractivity contribution in [2.24, 2.45) is 5.92 Å². The van der Waals surface area contributed by atoms with Crippen LogP contribution in [0.1, 0.15) is 17.3 Å². The molecule has 8 nitrogen and oxygen atoms in total. The number of nitrogens with two attached hydrogens (primary N) is 1. The van der Waals surface area contributed by atoms with Gasteiger partial charge in [-0.25, -0.2) is 0 Å². The molecule has 3 N–H and O–H groups in total. The zero-order valence-corrected chi connectivity index (χ0v) is 11.1. The fourth-order valence-electron chi connectivity index (χ4n) is 1.63. The number of nitrogen functional groups attached to an aromatic ring is 1. The van der Waals surface area contributed by atoms with Crippen molar-refractivity contribution in [3.05, 3.63) is 33.9 Å². The van der Waals surface area contributed by atoms with Crippen LogP contribution >= 0.6 is 0 Å². The fourth-order valence-corrected chi connectivity index (χ4v) is 1.63. The van der Waals surface area contributed by atoms with Crippen LogP contribution < -0.4 is 5.73 Å². The summed E-state index contributed by atoms with van der Waals surface area (Å²) in [6.45, 7) is 1.48. The second kappa shape index (κ2) is 6.00. The van der Waals surface area contributed by atoms with Gasteiger partial charge in [0.2, 0.25) is 0 Å². The molecule has 0 saturated heterocycles. The van der Waals surface area contributed by atoms with Crippen molar-refractivity contribution in [1.29, 1.82) is 0 Å². The number of carbonyl (C=O) groups is 2. The Morgan fingerprint density at radius 2 is 2.10 bits per heavy atom. The van der Waals surface area contributed by atoms with Crippen molar-refractivity contribution in [1.82, 2.24) is 4.90 Å². The average Bonchev–Trinajstić information content (AvgIpc) is 2.37. The van der Waals surface area contributed by atoms with Crippen LogP contribution in [0.5, 0.6) is 0 Å². The van der Waals surface area contributed by atoms with Crippen LogP contribution in [0.4, 0.5) is 11.4 Å². The van der Waals surface area contributed by atoms with Crippen molar-refractivity contribution in [3.8, 4) is 0 Å². The largest absolute Gasteiger partial charge is 0.481 e. The molecule has 1 unspecified atom stereocenters. The maximum absolute atomic E-state index is 12.1. The van der Waals surface area contributed by atoms with Gasteiger partial charge in [-0.2, -0.15) is 0 Å². The number of rotatable bonds is 5. The second-order valence-corrected chi connectivity index (χ2v) is 4.46. The van der Waals surface area contributed by atoms with Gasteiger partial charge in [0, 0.05) is 25.2 Å². The number of hydrogen-bond donors (Lipinski definition) is 2. The summed E-state index contributed by atoms with van der Waals surface area (Å²) in [6, 6.07) is 3.73. The van der Waals surface area contributed by atoms with Gasteiger partial charge in [-0.15, -0.1) is 0 Å². The minimum Gasteiger partial charge on any atom is -0.481 e. The van der Waals surface area contributed by atoms with E-state index in [2.05, 4.69) is 0 Å². The van der Waals surface area contributed by atoms with Crippen LogP contribution in [0.25, 0.3) is 0 Å².